The number of nitrogens with one attached hydrogen (secondary N) is 2. The minimum Gasteiger partial charge on any atom is -0.444 e. The number of carbonyl (C=O) groups is 2. The van der Waals surface area contributed by atoms with Crippen molar-refractivity contribution in [3.05, 3.63) is 28.7 Å². The molecule has 1 heterocycles. The summed E-state index contributed by atoms with van der Waals surface area (Å²) >= 11 is 0. The van der Waals surface area contributed by atoms with Crippen LogP contribution in [0.1, 0.15) is 27.2 Å². The molecule has 0 aliphatic carbocycles. The lowest BCUT2D eigenvalue weighted by Crippen LogP contribution is -2.34. The number of alkyl carbamates (subject to hydrolysis) is 1. The van der Waals surface area contributed by atoms with Crippen molar-refractivity contribution in [2.24, 2.45) is 7.05 Å². The molecule has 7 heteroatoms. The van der Waals surface area contributed by atoms with E-state index in [9.17, 15) is 14.4 Å². The van der Waals surface area contributed by atoms with Crippen molar-refractivity contribution in [1.29, 1.82) is 0 Å². The maximum Gasteiger partial charge on any atom is 0.407 e. The molecule has 0 radical (unpaired) electrons. The molecule has 0 aliphatic rings. The number of carbonyl (C=O) groups excluding carboxylic acids is 2. The van der Waals surface area contributed by atoms with E-state index in [1.54, 1.807) is 40.1 Å². The fourth-order valence-electron chi connectivity index (χ4n) is 1.44. The summed E-state index contributed by atoms with van der Waals surface area (Å²) in [7, 11) is 1.62. The van der Waals surface area contributed by atoms with E-state index < -0.39 is 11.7 Å². The van der Waals surface area contributed by atoms with Gasteiger partial charge in [-0.2, -0.15) is 0 Å². The lowest BCUT2D eigenvalue weighted by molar-refractivity contribution is -0.116. The maximum absolute atomic E-state index is 11.7. The quantitative estimate of drug-likeness (QED) is 0.874. The van der Waals surface area contributed by atoms with Crippen molar-refractivity contribution in [2.75, 3.05) is 11.9 Å². The number of rotatable bonds is 4. The predicted molar refractivity (Wildman–Crippen MR) is 79.2 cm³/mol. The lowest BCUT2D eigenvalue weighted by atomic mass is 10.2. The molecule has 2 amide bonds. The molecule has 0 spiro atoms. The Morgan fingerprint density at radius 1 is 1.33 bits per heavy atom. The second kappa shape index (κ2) is 6.92. The van der Waals surface area contributed by atoms with Crippen LogP contribution in [0.15, 0.2) is 23.1 Å². The van der Waals surface area contributed by atoms with Crippen LogP contribution in [-0.2, 0) is 16.6 Å². The van der Waals surface area contributed by atoms with Crippen molar-refractivity contribution in [3.8, 4) is 0 Å². The van der Waals surface area contributed by atoms with Crippen LogP contribution in [0.4, 0.5) is 10.5 Å². The molecule has 0 fully saturated rings. The third kappa shape index (κ3) is 6.60. The first-order chi connectivity index (χ1) is 9.67. The first kappa shape index (κ1) is 16.7. The van der Waals surface area contributed by atoms with Gasteiger partial charge in [-0.05, 0) is 26.8 Å². The highest BCUT2D eigenvalue weighted by Gasteiger charge is 2.15. The zero-order chi connectivity index (χ0) is 16.0. The van der Waals surface area contributed by atoms with Gasteiger partial charge in [0.2, 0.25) is 5.91 Å². The van der Waals surface area contributed by atoms with Crippen molar-refractivity contribution < 1.29 is 14.3 Å². The van der Waals surface area contributed by atoms with Gasteiger partial charge in [-0.1, -0.05) is 0 Å². The van der Waals surface area contributed by atoms with Crippen LogP contribution >= 0.6 is 0 Å². The SMILES string of the molecule is Cn1ccc(NC(=O)CCNC(=O)OC(C)(C)C)cc1=O. The highest BCUT2D eigenvalue weighted by atomic mass is 16.6. The average Bonchev–Trinajstić information content (AvgIpc) is 2.31. The summed E-state index contributed by atoms with van der Waals surface area (Å²) < 4.78 is 6.44. The Morgan fingerprint density at radius 3 is 2.57 bits per heavy atom. The van der Waals surface area contributed by atoms with Gasteiger partial charge in [0.15, 0.2) is 0 Å². The molecule has 0 aliphatic heterocycles. The van der Waals surface area contributed by atoms with E-state index in [1.807, 2.05) is 0 Å². The second-order valence-electron chi connectivity index (χ2n) is 5.59. The van der Waals surface area contributed by atoms with Crippen LogP contribution in [-0.4, -0.2) is 28.7 Å². The van der Waals surface area contributed by atoms with Crippen LogP contribution in [0.3, 0.4) is 0 Å². The molecular formula is C14H21N3O4. The zero-order valence-corrected chi connectivity index (χ0v) is 12.7. The average molecular weight is 295 g/mol. The number of aryl methyl sites for hydroxylation is 1. The molecule has 0 saturated carbocycles. The molecule has 0 bridgehead atoms. The van der Waals surface area contributed by atoms with E-state index in [4.69, 9.17) is 4.74 Å². The van der Waals surface area contributed by atoms with Crippen LogP contribution in [0, 0.1) is 0 Å². The van der Waals surface area contributed by atoms with Crippen LogP contribution in [0.25, 0.3) is 0 Å². The summed E-state index contributed by atoms with van der Waals surface area (Å²) in [5.41, 5.74) is -0.351. The normalized spacial score (nSPS) is 10.9. The highest BCUT2D eigenvalue weighted by molar-refractivity contribution is 5.90. The van der Waals surface area contributed by atoms with E-state index in [0.717, 1.165) is 0 Å². The molecule has 0 atom stereocenters. The molecule has 0 saturated heterocycles. The number of amides is 2. The van der Waals surface area contributed by atoms with E-state index >= 15 is 0 Å². The molecular weight excluding hydrogens is 274 g/mol. The zero-order valence-electron chi connectivity index (χ0n) is 12.7. The van der Waals surface area contributed by atoms with Crippen molar-refractivity contribution in [1.82, 2.24) is 9.88 Å². The van der Waals surface area contributed by atoms with E-state index in [0.29, 0.717) is 5.69 Å². The number of hydrogen-bond donors (Lipinski definition) is 2. The Balaban J connectivity index is 2.36. The maximum atomic E-state index is 11.7. The number of aromatic nitrogens is 1. The van der Waals surface area contributed by atoms with Gasteiger partial charge >= 0.3 is 6.09 Å². The van der Waals surface area contributed by atoms with Gasteiger partial charge in [0, 0.05) is 38.0 Å². The van der Waals surface area contributed by atoms with Crippen molar-refractivity contribution in [2.45, 2.75) is 32.8 Å². The van der Waals surface area contributed by atoms with Gasteiger partial charge in [-0.3, -0.25) is 9.59 Å². The Bertz CT molecular complexity index is 572. The van der Waals surface area contributed by atoms with Gasteiger partial charge in [-0.15, -0.1) is 0 Å². The molecule has 116 valence electrons. The molecule has 2 N–H and O–H groups in total. The number of nitrogens with zero attached hydrogens (tertiary/aromatic N) is 1. The van der Waals surface area contributed by atoms with Gasteiger partial charge in [-0.25, -0.2) is 4.79 Å². The van der Waals surface area contributed by atoms with Gasteiger partial charge in [0.05, 0.1) is 0 Å². The van der Waals surface area contributed by atoms with Crippen molar-refractivity contribution in [3.63, 3.8) is 0 Å². The third-order valence-electron chi connectivity index (χ3n) is 2.41. The highest BCUT2D eigenvalue weighted by Crippen LogP contribution is 2.06. The third-order valence-corrected chi connectivity index (χ3v) is 2.41. The van der Waals surface area contributed by atoms with Gasteiger partial charge < -0.3 is 19.9 Å². The summed E-state index contributed by atoms with van der Waals surface area (Å²) in [5, 5.41) is 5.08. The Morgan fingerprint density at radius 2 is 2.00 bits per heavy atom. The Labute approximate surface area is 123 Å². The predicted octanol–water partition coefficient (Wildman–Crippen LogP) is 1.24. The fourth-order valence-corrected chi connectivity index (χ4v) is 1.44. The van der Waals surface area contributed by atoms with Gasteiger partial charge in [0.25, 0.3) is 5.56 Å². The largest absolute Gasteiger partial charge is 0.444 e. The molecule has 0 unspecified atom stereocenters. The lowest BCUT2D eigenvalue weighted by Gasteiger charge is -2.19. The van der Waals surface area contributed by atoms with Gasteiger partial charge in [0.1, 0.15) is 5.60 Å². The molecule has 1 aromatic rings. The first-order valence-corrected chi connectivity index (χ1v) is 6.61. The molecule has 0 aromatic carbocycles. The smallest absolute Gasteiger partial charge is 0.407 e. The van der Waals surface area contributed by atoms with Crippen molar-refractivity contribution >= 4 is 17.7 Å². The molecule has 1 rings (SSSR count). The Hall–Kier alpha value is -2.31. The van der Waals surface area contributed by atoms with E-state index in [-0.39, 0.29) is 24.4 Å². The second-order valence-corrected chi connectivity index (χ2v) is 5.59. The molecule has 1 aromatic heterocycles. The Kier molecular flexibility index (Phi) is 5.52. The summed E-state index contributed by atoms with van der Waals surface area (Å²) in [6, 6.07) is 2.96. The molecule has 7 nitrogen and oxygen atoms in total. The first-order valence-electron chi connectivity index (χ1n) is 6.61. The minimum absolute atomic E-state index is 0.0917. The number of anilines is 1. The van der Waals surface area contributed by atoms with E-state index in [1.165, 1.54) is 10.6 Å². The number of hydrogen-bond acceptors (Lipinski definition) is 4. The monoisotopic (exact) mass is 295 g/mol. The topological polar surface area (TPSA) is 89.4 Å². The summed E-state index contributed by atoms with van der Waals surface area (Å²) in [6.07, 6.45) is 1.09. The standard InChI is InChI=1S/C14H21N3O4/c1-14(2,3)21-13(20)15-7-5-11(18)16-10-6-8-17(4)12(19)9-10/h6,8-9H,5,7H2,1-4H3,(H,15,20)(H,16,18). The van der Waals surface area contributed by atoms with E-state index in [2.05, 4.69) is 10.6 Å². The number of ether oxygens (including phenoxy) is 1. The fraction of sp³-hybridized carbons (Fsp3) is 0.500. The minimum atomic E-state index is -0.573. The summed E-state index contributed by atoms with van der Waals surface area (Å²) in [4.78, 5) is 34.4. The summed E-state index contributed by atoms with van der Waals surface area (Å²) in [6.45, 7) is 5.44. The van der Waals surface area contributed by atoms with Crippen LogP contribution in [0.2, 0.25) is 0 Å². The summed E-state index contributed by atoms with van der Waals surface area (Å²) in [5.74, 6) is -0.292. The molecule has 21 heavy (non-hydrogen) atoms. The van der Waals surface area contributed by atoms with Crippen LogP contribution < -0.4 is 16.2 Å². The van der Waals surface area contributed by atoms with Crippen LogP contribution in [0.5, 0.6) is 0 Å². The number of pyridine rings is 1.